The number of ether oxygens (including phenoxy) is 1. The highest BCUT2D eigenvalue weighted by Crippen LogP contribution is 2.35. The summed E-state index contributed by atoms with van der Waals surface area (Å²) in [6, 6.07) is 7.09. The van der Waals surface area contributed by atoms with Crippen LogP contribution in [0.4, 0.5) is 0 Å². The first kappa shape index (κ1) is 15.7. The molecule has 0 atom stereocenters. The third-order valence-corrected chi connectivity index (χ3v) is 3.99. The molecule has 0 fully saturated rings. The molecule has 0 aliphatic rings. The zero-order valence-corrected chi connectivity index (χ0v) is 14.4. The summed E-state index contributed by atoms with van der Waals surface area (Å²) in [5.41, 5.74) is 2.87. The van der Waals surface area contributed by atoms with Gasteiger partial charge in [-0.1, -0.05) is 11.6 Å². The lowest BCUT2D eigenvalue weighted by atomic mass is 10.1. The third-order valence-electron chi connectivity index (χ3n) is 3.52. The largest absolute Gasteiger partial charge is 0.437 e. The predicted molar refractivity (Wildman–Crippen MR) is 93.1 cm³/mol. The number of benzene rings is 1. The molecule has 0 N–H and O–H groups in total. The fraction of sp³-hybridized carbons (Fsp3) is 0.0625. The van der Waals surface area contributed by atoms with E-state index in [4.69, 9.17) is 27.9 Å². The Labute approximate surface area is 152 Å². The van der Waals surface area contributed by atoms with Crippen molar-refractivity contribution in [2.75, 3.05) is 0 Å². The standard InChI is InChI=1S/C16H10Cl2N6O/c1-9-4-14-21-22-16(18)24(14)23-15(9)25-13-3-2-11(17)5-12(13)10-6-19-8-20-7-10/h2-8H,1H3. The highest BCUT2D eigenvalue weighted by atomic mass is 35.5. The maximum atomic E-state index is 6.14. The first-order valence-electron chi connectivity index (χ1n) is 7.23. The average Bonchev–Trinajstić information content (AvgIpc) is 2.97. The van der Waals surface area contributed by atoms with Crippen LogP contribution in [0.1, 0.15) is 5.56 Å². The van der Waals surface area contributed by atoms with Crippen LogP contribution in [0.2, 0.25) is 10.3 Å². The Morgan fingerprint density at radius 2 is 1.84 bits per heavy atom. The second-order valence-electron chi connectivity index (χ2n) is 5.24. The van der Waals surface area contributed by atoms with E-state index in [1.54, 1.807) is 36.7 Å². The minimum Gasteiger partial charge on any atom is -0.437 e. The summed E-state index contributed by atoms with van der Waals surface area (Å²) in [6.45, 7) is 1.87. The molecule has 0 saturated heterocycles. The van der Waals surface area contributed by atoms with E-state index in [0.29, 0.717) is 22.3 Å². The molecule has 0 aliphatic carbocycles. The molecule has 124 valence electrons. The maximum Gasteiger partial charge on any atom is 0.246 e. The fourth-order valence-electron chi connectivity index (χ4n) is 2.34. The molecule has 3 aromatic heterocycles. The zero-order valence-electron chi connectivity index (χ0n) is 12.9. The molecule has 0 radical (unpaired) electrons. The smallest absolute Gasteiger partial charge is 0.246 e. The van der Waals surface area contributed by atoms with E-state index < -0.39 is 0 Å². The lowest BCUT2D eigenvalue weighted by Gasteiger charge is -2.12. The number of hydrogen-bond donors (Lipinski definition) is 0. The number of aryl methyl sites for hydroxylation is 1. The molecule has 0 spiro atoms. The van der Waals surface area contributed by atoms with Crippen LogP contribution in [0.5, 0.6) is 11.6 Å². The summed E-state index contributed by atoms with van der Waals surface area (Å²) < 4.78 is 7.43. The summed E-state index contributed by atoms with van der Waals surface area (Å²) in [7, 11) is 0. The van der Waals surface area contributed by atoms with Crippen molar-refractivity contribution in [1.29, 1.82) is 0 Å². The van der Waals surface area contributed by atoms with E-state index in [0.717, 1.165) is 16.7 Å². The molecule has 3 heterocycles. The van der Waals surface area contributed by atoms with Crippen LogP contribution in [0.15, 0.2) is 43.0 Å². The molecule has 7 nitrogen and oxygen atoms in total. The Morgan fingerprint density at radius 1 is 1.04 bits per heavy atom. The third kappa shape index (κ3) is 2.99. The molecule has 0 amide bonds. The first-order chi connectivity index (χ1) is 12.1. The van der Waals surface area contributed by atoms with Crippen molar-refractivity contribution in [1.82, 2.24) is 29.8 Å². The monoisotopic (exact) mass is 372 g/mol. The maximum absolute atomic E-state index is 6.14. The SMILES string of the molecule is Cc1cc2nnc(Cl)n2nc1Oc1ccc(Cl)cc1-c1cncnc1. The van der Waals surface area contributed by atoms with Gasteiger partial charge in [0.2, 0.25) is 11.2 Å². The highest BCUT2D eigenvalue weighted by molar-refractivity contribution is 6.31. The molecule has 25 heavy (non-hydrogen) atoms. The molecule has 4 aromatic rings. The summed E-state index contributed by atoms with van der Waals surface area (Å²) in [4.78, 5) is 8.08. The molecule has 9 heteroatoms. The van der Waals surface area contributed by atoms with Gasteiger partial charge in [-0.3, -0.25) is 0 Å². The topological polar surface area (TPSA) is 78.1 Å². The first-order valence-corrected chi connectivity index (χ1v) is 7.99. The van der Waals surface area contributed by atoms with Crippen molar-refractivity contribution in [3.8, 4) is 22.8 Å². The zero-order chi connectivity index (χ0) is 17.4. The summed E-state index contributed by atoms with van der Waals surface area (Å²) in [5.74, 6) is 0.952. The van der Waals surface area contributed by atoms with Crippen molar-refractivity contribution < 1.29 is 4.74 Å². The Kier molecular flexibility index (Phi) is 3.95. The van der Waals surface area contributed by atoms with E-state index in [1.165, 1.54) is 10.8 Å². The Balaban J connectivity index is 1.81. The van der Waals surface area contributed by atoms with Gasteiger partial charge in [-0.25, -0.2) is 9.97 Å². The fourth-order valence-corrected chi connectivity index (χ4v) is 2.67. The number of aromatic nitrogens is 6. The van der Waals surface area contributed by atoms with Gasteiger partial charge in [0.1, 0.15) is 12.1 Å². The summed E-state index contributed by atoms with van der Waals surface area (Å²) in [6.07, 6.45) is 4.83. The second kappa shape index (κ2) is 6.27. The van der Waals surface area contributed by atoms with Crippen LogP contribution in [-0.4, -0.2) is 29.8 Å². The Bertz CT molecular complexity index is 1070. The van der Waals surface area contributed by atoms with Crippen molar-refractivity contribution in [3.63, 3.8) is 0 Å². The number of rotatable bonds is 3. The number of fused-ring (bicyclic) bond motifs is 1. The van der Waals surface area contributed by atoms with Crippen LogP contribution >= 0.6 is 23.2 Å². The van der Waals surface area contributed by atoms with Gasteiger partial charge >= 0.3 is 0 Å². The average molecular weight is 373 g/mol. The van der Waals surface area contributed by atoms with Crippen LogP contribution in [0, 0.1) is 6.92 Å². The van der Waals surface area contributed by atoms with Gasteiger partial charge < -0.3 is 4.74 Å². The molecular formula is C16H10Cl2N6O. The van der Waals surface area contributed by atoms with Crippen LogP contribution < -0.4 is 4.74 Å². The predicted octanol–water partition coefficient (Wildman–Crippen LogP) is 3.99. The minimum atomic E-state index is 0.160. The molecule has 0 unspecified atom stereocenters. The van der Waals surface area contributed by atoms with Crippen LogP contribution in [-0.2, 0) is 0 Å². The van der Waals surface area contributed by atoms with E-state index in [1.807, 2.05) is 6.92 Å². The second-order valence-corrected chi connectivity index (χ2v) is 6.02. The number of halogens is 2. The van der Waals surface area contributed by atoms with Gasteiger partial charge in [-0.05, 0) is 42.8 Å². The van der Waals surface area contributed by atoms with E-state index in [9.17, 15) is 0 Å². The lowest BCUT2D eigenvalue weighted by Crippen LogP contribution is -1.99. The summed E-state index contributed by atoms with van der Waals surface area (Å²) >= 11 is 12.1. The van der Waals surface area contributed by atoms with Crippen LogP contribution in [0.3, 0.4) is 0 Å². The molecular weight excluding hydrogens is 363 g/mol. The lowest BCUT2D eigenvalue weighted by molar-refractivity contribution is 0.450. The van der Waals surface area contributed by atoms with Gasteiger partial charge in [0, 0.05) is 34.1 Å². The van der Waals surface area contributed by atoms with E-state index in [-0.39, 0.29) is 5.28 Å². The van der Waals surface area contributed by atoms with Gasteiger partial charge in [0.15, 0.2) is 5.65 Å². The van der Waals surface area contributed by atoms with Gasteiger partial charge in [0.25, 0.3) is 0 Å². The van der Waals surface area contributed by atoms with E-state index >= 15 is 0 Å². The Morgan fingerprint density at radius 3 is 2.64 bits per heavy atom. The number of hydrogen-bond acceptors (Lipinski definition) is 6. The molecule has 1 aromatic carbocycles. The summed E-state index contributed by atoms with van der Waals surface area (Å²) in [5, 5.41) is 12.8. The molecule has 4 rings (SSSR count). The van der Waals surface area contributed by atoms with Gasteiger partial charge in [-0.2, -0.15) is 4.52 Å². The Hall–Kier alpha value is -2.77. The minimum absolute atomic E-state index is 0.160. The number of nitrogens with zero attached hydrogens (tertiary/aromatic N) is 6. The molecule has 0 saturated carbocycles. The molecule has 0 bridgehead atoms. The van der Waals surface area contributed by atoms with Crippen molar-refractivity contribution in [3.05, 3.63) is 58.9 Å². The van der Waals surface area contributed by atoms with Crippen molar-refractivity contribution in [2.24, 2.45) is 0 Å². The van der Waals surface area contributed by atoms with Crippen LogP contribution in [0.25, 0.3) is 16.8 Å². The quantitative estimate of drug-likeness (QED) is 0.540. The van der Waals surface area contributed by atoms with Crippen molar-refractivity contribution in [2.45, 2.75) is 6.92 Å². The van der Waals surface area contributed by atoms with Gasteiger partial charge in [-0.15, -0.1) is 15.3 Å². The van der Waals surface area contributed by atoms with Gasteiger partial charge in [0.05, 0.1) is 0 Å². The highest BCUT2D eigenvalue weighted by Gasteiger charge is 2.14. The van der Waals surface area contributed by atoms with Crippen molar-refractivity contribution >= 4 is 28.8 Å². The van der Waals surface area contributed by atoms with E-state index in [2.05, 4.69) is 25.3 Å². The normalized spacial score (nSPS) is 11.0. The molecule has 0 aliphatic heterocycles.